The molecule has 4 heteroatoms. The molecule has 1 heterocycles. The van der Waals surface area contributed by atoms with Crippen LogP contribution in [-0.4, -0.2) is 11.8 Å². The van der Waals surface area contributed by atoms with E-state index in [1.165, 1.54) is 0 Å². The summed E-state index contributed by atoms with van der Waals surface area (Å²) in [6.45, 7) is 0. The molecule has 4 nitrogen and oxygen atoms in total. The van der Waals surface area contributed by atoms with E-state index in [1.807, 2.05) is 91.0 Å². The Bertz CT molecular complexity index is 942. The first kappa shape index (κ1) is 17.0. The third kappa shape index (κ3) is 2.99. The van der Waals surface area contributed by atoms with Crippen molar-refractivity contribution in [2.24, 2.45) is 0 Å². The predicted molar refractivity (Wildman–Crippen MR) is 106 cm³/mol. The highest BCUT2D eigenvalue weighted by Crippen LogP contribution is 2.43. The summed E-state index contributed by atoms with van der Waals surface area (Å²) >= 11 is 0. The first-order valence-corrected chi connectivity index (χ1v) is 9.02. The Labute approximate surface area is 158 Å². The Kier molecular flexibility index (Phi) is 4.47. The number of rotatable bonds is 4. The monoisotopic (exact) mass is 356 g/mol. The molecular weight excluding hydrogens is 336 g/mol. The molecule has 1 atom stereocenters. The fourth-order valence-corrected chi connectivity index (χ4v) is 3.76. The van der Waals surface area contributed by atoms with Crippen molar-refractivity contribution in [3.63, 3.8) is 0 Å². The topological polar surface area (TPSA) is 49.4 Å². The molecule has 1 aliphatic rings. The molecule has 0 aliphatic carbocycles. The summed E-state index contributed by atoms with van der Waals surface area (Å²) in [5.41, 5.74) is 1.18. The zero-order chi connectivity index (χ0) is 18.7. The number of nitrogens with zero attached hydrogens (tertiary/aromatic N) is 1. The molecule has 3 aromatic rings. The molecule has 0 bridgehead atoms. The van der Waals surface area contributed by atoms with Crippen LogP contribution in [0.3, 0.4) is 0 Å². The van der Waals surface area contributed by atoms with E-state index in [4.69, 9.17) is 0 Å². The van der Waals surface area contributed by atoms with E-state index in [9.17, 15) is 9.59 Å². The molecule has 0 aromatic heterocycles. The minimum absolute atomic E-state index is 0.0479. The van der Waals surface area contributed by atoms with Crippen molar-refractivity contribution >= 4 is 23.2 Å². The van der Waals surface area contributed by atoms with Gasteiger partial charge >= 0.3 is 0 Å². The summed E-state index contributed by atoms with van der Waals surface area (Å²) in [5.74, 6) is -0.247. The highest BCUT2D eigenvalue weighted by Gasteiger charge is 2.53. The number of carbonyl (C=O) groups is 2. The lowest BCUT2D eigenvalue weighted by Gasteiger charge is -2.37. The second kappa shape index (κ2) is 7.08. The third-order valence-electron chi connectivity index (χ3n) is 5.00. The lowest BCUT2D eigenvalue weighted by molar-refractivity contribution is -0.123. The third-order valence-corrected chi connectivity index (χ3v) is 5.00. The number of benzene rings is 3. The van der Waals surface area contributed by atoms with Gasteiger partial charge in [-0.2, -0.15) is 0 Å². The fourth-order valence-electron chi connectivity index (χ4n) is 3.76. The summed E-state index contributed by atoms with van der Waals surface area (Å²) in [6, 6.07) is 28.3. The first-order chi connectivity index (χ1) is 13.2. The van der Waals surface area contributed by atoms with Crippen molar-refractivity contribution in [2.45, 2.75) is 18.4 Å². The van der Waals surface area contributed by atoms with Gasteiger partial charge in [-0.05, 0) is 36.2 Å². The Hall–Kier alpha value is -3.40. The van der Waals surface area contributed by atoms with Crippen molar-refractivity contribution in [3.05, 3.63) is 96.6 Å². The number of para-hydroxylation sites is 2. The van der Waals surface area contributed by atoms with Crippen molar-refractivity contribution < 1.29 is 9.59 Å². The number of hydrogen-bond acceptors (Lipinski definition) is 2. The average molecular weight is 356 g/mol. The van der Waals surface area contributed by atoms with E-state index in [0.717, 1.165) is 11.3 Å². The molecule has 1 aliphatic heterocycles. The normalized spacial score (nSPS) is 19.1. The second-order valence-corrected chi connectivity index (χ2v) is 6.61. The van der Waals surface area contributed by atoms with Gasteiger partial charge in [-0.25, -0.2) is 0 Å². The van der Waals surface area contributed by atoms with Crippen molar-refractivity contribution in [3.8, 4) is 0 Å². The molecular formula is C23H20N2O2. The highest BCUT2D eigenvalue weighted by atomic mass is 16.2. The van der Waals surface area contributed by atoms with Gasteiger partial charge in [-0.3, -0.25) is 14.5 Å². The van der Waals surface area contributed by atoms with Crippen LogP contribution in [0.2, 0.25) is 0 Å². The SMILES string of the molecule is O=C1CCC(C(=O)Nc2ccccc2)(c2ccccc2)N1c1ccccc1. The first-order valence-electron chi connectivity index (χ1n) is 9.02. The van der Waals surface area contributed by atoms with Crippen LogP contribution in [0.4, 0.5) is 11.4 Å². The predicted octanol–water partition coefficient (Wildman–Crippen LogP) is 4.35. The number of amides is 2. The van der Waals surface area contributed by atoms with Crippen LogP contribution in [0.1, 0.15) is 18.4 Å². The van der Waals surface area contributed by atoms with E-state index >= 15 is 0 Å². The largest absolute Gasteiger partial charge is 0.324 e. The van der Waals surface area contributed by atoms with Crippen LogP contribution in [0.15, 0.2) is 91.0 Å². The molecule has 134 valence electrons. The number of anilines is 2. The summed E-state index contributed by atoms with van der Waals surface area (Å²) in [4.78, 5) is 28.1. The van der Waals surface area contributed by atoms with Gasteiger partial charge in [0.15, 0.2) is 5.54 Å². The van der Waals surface area contributed by atoms with Gasteiger partial charge in [0.2, 0.25) is 5.91 Å². The van der Waals surface area contributed by atoms with Crippen molar-refractivity contribution in [1.29, 1.82) is 0 Å². The summed E-state index contributed by atoms with van der Waals surface area (Å²) in [6.07, 6.45) is 0.759. The molecule has 1 saturated heterocycles. The molecule has 1 N–H and O–H groups in total. The standard InChI is InChI=1S/C23H20N2O2/c26-21-16-17-23(18-10-4-1-5-11-18,25(21)20-14-8-3-9-15-20)22(27)24-19-12-6-2-7-13-19/h1-15H,16-17H2,(H,24,27). The Morgan fingerprint density at radius 1 is 0.815 bits per heavy atom. The smallest absolute Gasteiger partial charge is 0.255 e. The minimum atomic E-state index is -1.07. The van der Waals surface area contributed by atoms with Crippen LogP contribution in [0, 0.1) is 0 Å². The van der Waals surface area contributed by atoms with Gasteiger partial charge in [-0.15, -0.1) is 0 Å². The van der Waals surface area contributed by atoms with Crippen LogP contribution in [-0.2, 0) is 15.1 Å². The van der Waals surface area contributed by atoms with Crippen LogP contribution in [0.5, 0.6) is 0 Å². The number of hydrogen-bond donors (Lipinski definition) is 1. The molecule has 27 heavy (non-hydrogen) atoms. The Morgan fingerprint density at radius 3 is 2.00 bits per heavy atom. The highest BCUT2D eigenvalue weighted by molar-refractivity contribution is 6.11. The van der Waals surface area contributed by atoms with Crippen molar-refractivity contribution in [1.82, 2.24) is 0 Å². The quantitative estimate of drug-likeness (QED) is 0.756. The van der Waals surface area contributed by atoms with E-state index in [-0.39, 0.29) is 11.8 Å². The summed E-state index contributed by atoms with van der Waals surface area (Å²) < 4.78 is 0. The molecule has 1 unspecified atom stereocenters. The van der Waals surface area contributed by atoms with Crippen LogP contribution in [0.25, 0.3) is 0 Å². The Morgan fingerprint density at radius 2 is 1.37 bits per heavy atom. The van der Waals surface area contributed by atoms with Crippen LogP contribution >= 0.6 is 0 Å². The number of carbonyl (C=O) groups excluding carboxylic acids is 2. The zero-order valence-electron chi connectivity index (χ0n) is 14.8. The molecule has 0 saturated carbocycles. The molecule has 1 fully saturated rings. The lowest BCUT2D eigenvalue weighted by atomic mass is 9.85. The van der Waals surface area contributed by atoms with Gasteiger partial charge in [0.05, 0.1) is 0 Å². The van der Waals surface area contributed by atoms with Gasteiger partial charge in [0.25, 0.3) is 5.91 Å². The molecule has 3 aromatic carbocycles. The number of nitrogens with one attached hydrogen (secondary N) is 1. The maximum Gasteiger partial charge on any atom is 0.255 e. The van der Waals surface area contributed by atoms with Gasteiger partial charge < -0.3 is 5.32 Å². The average Bonchev–Trinajstić information content (AvgIpc) is 3.08. The van der Waals surface area contributed by atoms with E-state index in [0.29, 0.717) is 18.5 Å². The second-order valence-electron chi connectivity index (χ2n) is 6.61. The van der Waals surface area contributed by atoms with Gasteiger partial charge in [-0.1, -0.05) is 66.7 Å². The van der Waals surface area contributed by atoms with Gasteiger partial charge in [0, 0.05) is 17.8 Å². The molecule has 4 rings (SSSR count). The van der Waals surface area contributed by atoms with Crippen molar-refractivity contribution in [2.75, 3.05) is 10.2 Å². The van der Waals surface area contributed by atoms with Gasteiger partial charge in [0.1, 0.15) is 0 Å². The zero-order valence-corrected chi connectivity index (χ0v) is 14.8. The maximum absolute atomic E-state index is 13.6. The summed E-state index contributed by atoms with van der Waals surface area (Å²) in [5, 5.41) is 3.01. The minimum Gasteiger partial charge on any atom is -0.324 e. The van der Waals surface area contributed by atoms with Crippen LogP contribution < -0.4 is 10.2 Å². The maximum atomic E-state index is 13.6. The molecule has 0 spiro atoms. The summed E-state index contributed by atoms with van der Waals surface area (Å²) in [7, 11) is 0. The Balaban J connectivity index is 1.84. The lowest BCUT2D eigenvalue weighted by Crippen LogP contribution is -2.52. The molecule has 0 radical (unpaired) electrons. The van der Waals surface area contributed by atoms with E-state index in [1.54, 1.807) is 4.90 Å². The van der Waals surface area contributed by atoms with E-state index in [2.05, 4.69) is 5.32 Å². The van der Waals surface area contributed by atoms with E-state index < -0.39 is 5.54 Å². The fraction of sp³-hybridized carbons (Fsp3) is 0.130. The molecule has 2 amide bonds.